The van der Waals surface area contributed by atoms with Gasteiger partial charge in [0.05, 0.1) is 18.1 Å². The lowest BCUT2D eigenvalue weighted by Gasteiger charge is -2.14. The summed E-state index contributed by atoms with van der Waals surface area (Å²) in [7, 11) is 1.50. The number of benzene rings is 1. The average molecular weight is 234 g/mol. The van der Waals surface area contributed by atoms with E-state index in [-0.39, 0.29) is 5.69 Å². The topological polar surface area (TPSA) is 64.4 Å². The molecule has 0 amide bonds. The second kappa shape index (κ2) is 4.86. The summed E-state index contributed by atoms with van der Waals surface area (Å²) in [5.74, 6) is 0.493. The van der Waals surface area contributed by atoms with E-state index in [9.17, 15) is 10.1 Å². The standard InChI is InChI=1S/C12H14N2O3/c1-17-12-7-10(6-11(8-12)14(15)16)13-9-4-2-3-5-9/h2-3,6-9,13H,4-5H2,1H3. The first-order chi connectivity index (χ1) is 8.19. The van der Waals surface area contributed by atoms with Crippen molar-refractivity contribution in [1.82, 2.24) is 0 Å². The lowest BCUT2D eigenvalue weighted by atomic mass is 10.2. The minimum Gasteiger partial charge on any atom is -0.496 e. The summed E-state index contributed by atoms with van der Waals surface area (Å²) >= 11 is 0. The second-order valence-electron chi connectivity index (χ2n) is 3.96. The molecule has 0 spiro atoms. The Labute approximate surface area is 99.2 Å². The maximum Gasteiger partial charge on any atom is 0.275 e. The van der Waals surface area contributed by atoms with Crippen LogP contribution in [-0.4, -0.2) is 18.1 Å². The molecule has 0 bridgehead atoms. The average Bonchev–Trinajstić information content (AvgIpc) is 2.81. The van der Waals surface area contributed by atoms with Crippen LogP contribution in [0.25, 0.3) is 0 Å². The second-order valence-corrected chi connectivity index (χ2v) is 3.96. The van der Waals surface area contributed by atoms with E-state index in [0.717, 1.165) is 18.5 Å². The van der Waals surface area contributed by atoms with Crippen LogP contribution in [-0.2, 0) is 0 Å². The van der Waals surface area contributed by atoms with Crippen molar-refractivity contribution in [3.63, 3.8) is 0 Å². The highest BCUT2D eigenvalue weighted by Gasteiger charge is 2.14. The maximum absolute atomic E-state index is 10.8. The van der Waals surface area contributed by atoms with Crippen LogP contribution >= 0.6 is 0 Å². The number of methoxy groups -OCH3 is 1. The van der Waals surface area contributed by atoms with Crippen molar-refractivity contribution in [2.24, 2.45) is 0 Å². The number of nitrogens with one attached hydrogen (secondary N) is 1. The smallest absolute Gasteiger partial charge is 0.275 e. The van der Waals surface area contributed by atoms with Gasteiger partial charge >= 0.3 is 0 Å². The molecular weight excluding hydrogens is 220 g/mol. The van der Waals surface area contributed by atoms with Crippen molar-refractivity contribution in [2.75, 3.05) is 12.4 Å². The van der Waals surface area contributed by atoms with Crippen LogP contribution in [0.4, 0.5) is 11.4 Å². The fourth-order valence-corrected chi connectivity index (χ4v) is 1.86. The van der Waals surface area contributed by atoms with E-state index in [4.69, 9.17) is 4.74 Å². The highest BCUT2D eigenvalue weighted by atomic mass is 16.6. The molecule has 0 atom stereocenters. The van der Waals surface area contributed by atoms with Crippen LogP contribution in [0.1, 0.15) is 12.8 Å². The fraction of sp³-hybridized carbons (Fsp3) is 0.333. The molecule has 0 saturated carbocycles. The van der Waals surface area contributed by atoms with Gasteiger partial charge in [0.25, 0.3) is 5.69 Å². The van der Waals surface area contributed by atoms with Crippen molar-refractivity contribution in [3.8, 4) is 5.75 Å². The molecule has 17 heavy (non-hydrogen) atoms. The number of nitro benzene ring substituents is 1. The molecule has 0 fully saturated rings. The molecule has 0 aromatic heterocycles. The SMILES string of the molecule is COc1cc(NC2CC=CC2)cc([N+](=O)[O-])c1. The Morgan fingerprint density at radius 3 is 2.65 bits per heavy atom. The number of ether oxygens (including phenoxy) is 1. The van der Waals surface area contributed by atoms with Crippen molar-refractivity contribution in [3.05, 3.63) is 40.5 Å². The van der Waals surface area contributed by atoms with Crippen LogP contribution in [0.3, 0.4) is 0 Å². The van der Waals surface area contributed by atoms with E-state index < -0.39 is 4.92 Å². The number of hydrogen-bond acceptors (Lipinski definition) is 4. The molecule has 1 aromatic carbocycles. The van der Waals surface area contributed by atoms with Crippen LogP contribution < -0.4 is 10.1 Å². The van der Waals surface area contributed by atoms with Gasteiger partial charge in [0.1, 0.15) is 5.75 Å². The van der Waals surface area contributed by atoms with Gasteiger partial charge in [-0.15, -0.1) is 0 Å². The van der Waals surface area contributed by atoms with Gasteiger partial charge in [0.15, 0.2) is 0 Å². The number of rotatable bonds is 4. The number of non-ortho nitro benzene ring substituents is 1. The number of anilines is 1. The monoisotopic (exact) mass is 234 g/mol. The largest absolute Gasteiger partial charge is 0.496 e. The molecule has 1 N–H and O–H groups in total. The third-order valence-electron chi connectivity index (χ3n) is 2.72. The normalized spacial score (nSPS) is 14.9. The Balaban J connectivity index is 2.20. The molecule has 0 saturated heterocycles. The molecule has 5 heteroatoms. The highest BCUT2D eigenvalue weighted by molar-refractivity contribution is 5.57. The molecule has 1 aliphatic rings. The lowest BCUT2D eigenvalue weighted by molar-refractivity contribution is -0.384. The van der Waals surface area contributed by atoms with E-state index >= 15 is 0 Å². The molecule has 0 heterocycles. The summed E-state index contributed by atoms with van der Waals surface area (Å²) < 4.78 is 5.05. The van der Waals surface area contributed by atoms with Gasteiger partial charge in [-0.25, -0.2) is 0 Å². The lowest BCUT2D eigenvalue weighted by Crippen LogP contribution is -2.15. The Kier molecular flexibility index (Phi) is 3.27. The molecule has 1 aliphatic carbocycles. The third kappa shape index (κ3) is 2.75. The van der Waals surface area contributed by atoms with Gasteiger partial charge in [0, 0.05) is 23.9 Å². The van der Waals surface area contributed by atoms with Crippen molar-refractivity contribution >= 4 is 11.4 Å². The zero-order valence-electron chi connectivity index (χ0n) is 9.55. The first kappa shape index (κ1) is 11.4. The van der Waals surface area contributed by atoms with Crippen LogP contribution in [0, 0.1) is 10.1 Å². The zero-order valence-corrected chi connectivity index (χ0v) is 9.55. The predicted molar refractivity (Wildman–Crippen MR) is 65.4 cm³/mol. The molecule has 2 rings (SSSR count). The Hall–Kier alpha value is -2.04. The number of hydrogen-bond donors (Lipinski definition) is 1. The van der Waals surface area contributed by atoms with E-state index in [1.165, 1.54) is 19.2 Å². The Bertz CT molecular complexity index is 449. The van der Waals surface area contributed by atoms with E-state index in [1.807, 2.05) is 0 Å². The van der Waals surface area contributed by atoms with Gasteiger partial charge < -0.3 is 10.1 Å². The van der Waals surface area contributed by atoms with Crippen molar-refractivity contribution in [2.45, 2.75) is 18.9 Å². The molecule has 0 unspecified atom stereocenters. The van der Waals surface area contributed by atoms with Gasteiger partial charge in [-0.05, 0) is 12.8 Å². The third-order valence-corrected chi connectivity index (χ3v) is 2.72. The van der Waals surface area contributed by atoms with Crippen LogP contribution in [0.5, 0.6) is 5.75 Å². The Morgan fingerprint density at radius 2 is 2.06 bits per heavy atom. The van der Waals surface area contributed by atoms with Crippen molar-refractivity contribution in [1.29, 1.82) is 0 Å². The summed E-state index contributed by atoms with van der Waals surface area (Å²) in [5.41, 5.74) is 0.766. The fourth-order valence-electron chi connectivity index (χ4n) is 1.86. The first-order valence-electron chi connectivity index (χ1n) is 5.44. The minimum atomic E-state index is -0.416. The van der Waals surface area contributed by atoms with Crippen LogP contribution in [0.2, 0.25) is 0 Å². The number of nitrogens with zero attached hydrogens (tertiary/aromatic N) is 1. The molecular formula is C12H14N2O3. The van der Waals surface area contributed by atoms with E-state index in [0.29, 0.717) is 11.8 Å². The summed E-state index contributed by atoms with van der Waals surface area (Å²) in [4.78, 5) is 10.4. The summed E-state index contributed by atoms with van der Waals surface area (Å²) in [6, 6.07) is 5.03. The van der Waals surface area contributed by atoms with Gasteiger partial charge in [0.2, 0.25) is 0 Å². The first-order valence-corrected chi connectivity index (χ1v) is 5.44. The van der Waals surface area contributed by atoms with E-state index in [1.54, 1.807) is 6.07 Å². The summed E-state index contributed by atoms with van der Waals surface area (Å²) in [6.07, 6.45) is 6.11. The van der Waals surface area contributed by atoms with Crippen molar-refractivity contribution < 1.29 is 9.66 Å². The van der Waals surface area contributed by atoms with E-state index in [2.05, 4.69) is 17.5 Å². The molecule has 0 aliphatic heterocycles. The number of nitro groups is 1. The van der Waals surface area contributed by atoms with Gasteiger partial charge in [-0.3, -0.25) is 10.1 Å². The zero-order chi connectivity index (χ0) is 12.3. The maximum atomic E-state index is 10.8. The van der Waals surface area contributed by atoms with Gasteiger partial charge in [-0.1, -0.05) is 12.2 Å². The highest BCUT2D eigenvalue weighted by Crippen LogP contribution is 2.27. The molecule has 1 aromatic rings. The Morgan fingerprint density at radius 1 is 1.35 bits per heavy atom. The molecule has 5 nitrogen and oxygen atoms in total. The quantitative estimate of drug-likeness (QED) is 0.494. The summed E-state index contributed by atoms with van der Waals surface area (Å²) in [5, 5.41) is 14.0. The van der Waals surface area contributed by atoms with Crippen LogP contribution in [0.15, 0.2) is 30.4 Å². The predicted octanol–water partition coefficient (Wildman–Crippen LogP) is 2.73. The minimum absolute atomic E-state index is 0.0396. The molecule has 0 radical (unpaired) electrons. The van der Waals surface area contributed by atoms with Gasteiger partial charge in [-0.2, -0.15) is 0 Å². The summed E-state index contributed by atoms with van der Waals surface area (Å²) in [6.45, 7) is 0. The molecule has 90 valence electrons.